The van der Waals surface area contributed by atoms with Crippen LogP contribution in [0.15, 0.2) is 18.2 Å². The number of benzene rings is 1. The summed E-state index contributed by atoms with van der Waals surface area (Å²) in [5, 5.41) is 0. The molecule has 0 bridgehead atoms. The number of hydrogen-bond acceptors (Lipinski definition) is 1. The molecule has 0 aliphatic heterocycles. The van der Waals surface area contributed by atoms with E-state index in [-0.39, 0.29) is 5.56 Å². The molecule has 0 spiro atoms. The van der Waals surface area contributed by atoms with E-state index in [1.807, 2.05) is 0 Å². The van der Waals surface area contributed by atoms with Gasteiger partial charge in [-0.2, -0.15) is 0 Å². The third kappa shape index (κ3) is 4.09. The number of rotatable bonds is 3. The minimum atomic E-state index is -0.610. The van der Waals surface area contributed by atoms with Crippen molar-refractivity contribution < 1.29 is 8.78 Å². The number of hydrogen-bond donors (Lipinski definition) is 1. The standard InChI is InChI=1S/C12H13F2N/c13-11-7-6-10(12(14)9-11)5-3-1-2-4-8-15/h6-7,9H,1-2,4,8,15H2. The quantitative estimate of drug-likeness (QED) is 0.600. The van der Waals surface area contributed by atoms with Crippen LogP contribution < -0.4 is 5.73 Å². The SMILES string of the molecule is NCCCCC#Cc1ccc(F)cc1F. The Balaban J connectivity index is 2.56. The van der Waals surface area contributed by atoms with Crippen molar-refractivity contribution in [1.29, 1.82) is 0 Å². The van der Waals surface area contributed by atoms with Crippen molar-refractivity contribution in [1.82, 2.24) is 0 Å². The lowest BCUT2D eigenvalue weighted by Gasteiger charge is -1.93. The second kappa shape index (κ2) is 6.15. The first kappa shape index (κ1) is 11.7. The van der Waals surface area contributed by atoms with Gasteiger partial charge in [-0.15, -0.1) is 0 Å². The largest absolute Gasteiger partial charge is 0.330 e. The summed E-state index contributed by atoms with van der Waals surface area (Å²) in [6.45, 7) is 0.645. The van der Waals surface area contributed by atoms with Crippen molar-refractivity contribution in [3.8, 4) is 11.8 Å². The molecule has 0 aliphatic rings. The van der Waals surface area contributed by atoms with Gasteiger partial charge < -0.3 is 5.73 Å². The maximum absolute atomic E-state index is 13.1. The Morgan fingerprint density at radius 3 is 2.67 bits per heavy atom. The molecule has 0 atom stereocenters. The predicted octanol–water partition coefficient (Wildman–Crippen LogP) is 2.45. The van der Waals surface area contributed by atoms with Crippen molar-refractivity contribution in [2.45, 2.75) is 19.3 Å². The first-order valence-corrected chi connectivity index (χ1v) is 4.88. The molecule has 0 aromatic heterocycles. The highest BCUT2D eigenvalue weighted by molar-refractivity contribution is 5.35. The zero-order valence-electron chi connectivity index (χ0n) is 8.39. The topological polar surface area (TPSA) is 26.0 Å². The summed E-state index contributed by atoms with van der Waals surface area (Å²) < 4.78 is 25.6. The molecule has 0 fully saturated rings. The first-order valence-electron chi connectivity index (χ1n) is 4.88. The van der Waals surface area contributed by atoms with Crippen LogP contribution in [0.1, 0.15) is 24.8 Å². The summed E-state index contributed by atoms with van der Waals surface area (Å²) in [7, 11) is 0. The lowest BCUT2D eigenvalue weighted by atomic mass is 10.2. The summed E-state index contributed by atoms with van der Waals surface area (Å²) in [4.78, 5) is 0. The van der Waals surface area contributed by atoms with E-state index < -0.39 is 11.6 Å². The molecule has 0 radical (unpaired) electrons. The Morgan fingerprint density at radius 1 is 1.20 bits per heavy atom. The highest BCUT2D eigenvalue weighted by Crippen LogP contribution is 2.07. The molecule has 1 rings (SSSR count). The lowest BCUT2D eigenvalue weighted by Crippen LogP contribution is -1.97. The maximum atomic E-state index is 13.1. The highest BCUT2D eigenvalue weighted by Gasteiger charge is 1.99. The average Bonchev–Trinajstić information content (AvgIpc) is 2.20. The third-order valence-corrected chi connectivity index (χ3v) is 1.91. The van der Waals surface area contributed by atoms with Crippen LogP contribution in [0.4, 0.5) is 8.78 Å². The van der Waals surface area contributed by atoms with Crippen LogP contribution in [0, 0.1) is 23.5 Å². The molecule has 15 heavy (non-hydrogen) atoms. The zero-order valence-corrected chi connectivity index (χ0v) is 8.39. The number of unbranched alkanes of at least 4 members (excludes halogenated alkanes) is 2. The lowest BCUT2D eigenvalue weighted by molar-refractivity contribution is 0.581. The molecule has 3 heteroatoms. The van der Waals surface area contributed by atoms with Crippen LogP contribution in [0.25, 0.3) is 0 Å². The van der Waals surface area contributed by atoms with E-state index >= 15 is 0 Å². The minimum Gasteiger partial charge on any atom is -0.330 e. The number of nitrogens with two attached hydrogens (primary N) is 1. The van der Waals surface area contributed by atoms with E-state index in [1.165, 1.54) is 12.1 Å². The number of halogens is 2. The zero-order chi connectivity index (χ0) is 11.1. The van der Waals surface area contributed by atoms with Crippen LogP contribution in [-0.4, -0.2) is 6.54 Å². The van der Waals surface area contributed by atoms with Gasteiger partial charge in [0.2, 0.25) is 0 Å². The maximum Gasteiger partial charge on any atom is 0.141 e. The molecule has 0 aliphatic carbocycles. The molecule has 1 aromatic rings. The monoisotopic (exact) mass is 209 g/mol. The minimum absolute atomic E-state index is 0.240. The molecule has 80 valence electrons. The highest BCUT2D eigenvalue weighted by atomic mass is 19.1. The molecule has 1 nitrogen and oxygen atoms in total. The van der Waals surface area contributed by atoms with Gasteiger partial charge in [0, 0.05) is 12.5 Å². The Kier molecular flexibility index (Phi) is 4.79. The first-order chi connectivity index (χ1) is 7.24. The van der Waals surface area contributed by atoms with E-state index in [0.29, 0.717) is 13.0 Å². The summed E-state index contributed by atoms with van der Waals surface area (Å²) >= 11 is 0. The van der Waals surface area contributed by atoms with Gasteiger partial charge in [-0.05, 0) is 31.5 Å². The van der Waals surface area contributed by atoms with Crippen molar-refractivity contribution in [3.63, 3.8) is 0 Å². The van der Waals surface area contributed by atoms with Crippen LogP contribution in [0.5, 0.6) is 0 Å². The summed E-state index contributed by atoms with van der Waals surface area (Å²) in [6, 6.07) is 3.39. The van der Waals surface area contributed by atoms with Crippen LogP contribution >= 0.6 is 0 Å². The van der Waals surface area contributed by atoms with E-state index in [0.717, 1.165) is 18.9 Å². The summed E-state index contributed by atoms with van der Waals surface area (Å²) in [5.41, 5.74) is 5.55. The summed E-state index contributed by atoms with van der Waals surface area (Å²) in [5.74, 6) is 4.30. The van der Waals surface area contributed by atoms with Gasteiger partial charge in [-0.3, -0.25) is 0 Å². The third-order valence-electron chi connectivity index (χ3n) is 1.91. The second-order valence-corrected chi connectivity index (χ2v) is 3.17. The molecule has 0 unspecified atom stereocenters. The molecular formula is C12H13F2N. The van der Waals surface area contributed by atoms with E-state index in [9.17, 15) is 8.78 Å². The molecule has 0 saturated carbocycles. The fourth-order valence-electron chi connectivity index (χ4n) is 1.11. The van der Waals surface area contributed by atoms with Gasteiger partial charge >= 0.3 is 0 Å². The Labute approximate surface area is 88.3 Å². The van der Waals surface area contributed by atoms with Crippen molar-refractivity contribution >= 4 is 0 Å². The molecule has 1 aromatic carbocycles. The van der Waals surface area contributed by atoms with Gasteiger partial charge in [0.1, 0.15) is 11.6 Å². The smallest absolute Gasteiger partial charge is 0.141 e. The van der Waals surface area contributed by atoms with Crippen molar-refractivity contribution in [2.75, 3.05) is 6.54 Å². The Morgan fingerprint density at radius 2 is 2.00 bits per heavy atom. The fraction of sp³-hybridized carbons (Fsp3) is 0.333. The van der Waals surface area contributed by atoms with Gasteiger partial charge in [0.25, 0.3) is 0 Å². The molecule has 0 amide bonds. The summed E-state index contributed by atoms with van der Waals surface area (Å²) in [6.07, 6.45) is 2.51. The van der Waals surface area contributed by atoms with Gasteiger partial charge in [-0.1, -0.05) is 11.8 Å². The normalized spacial score (nSPS) is 9.53. The molecule has 0 saturated heterocycles. The van der Waals surface area contributed by atoms with E-state index in [2.05, 4.69) is 11.8 Å². The van der Waals surface area contributed by atoms with Gasteiger partial charge in [0.05, 0.1) is 5.56 Å². The fourth-order valence-corrected chi connectivity index (χ4v) is 1.11. The van der Waals surface area contributed by atoms with Crippen molar-refractivity contribution in [2.24, 2.45) is 5.73 Å². The second-order valence-electron chi connectivity index (χ2n) is 3.17. The van der Waals surface area contributed by atoms with E-state index in [4.69, 9.17) is 5.73 Å². The van der Waals surface area contributed by atoms with Crippen LogP contribution in [0.3, 0.4) is 0 Å². The van der Waals surface area contributed by atoms with Crippen LogP contribution in [-0.2, 0) is 0 Å². The predicted molar refractivity (Wildman–Crippen MR) is 56.1 cm³/mol. The molecule has 2 N–H and O–H groups in total. The van der Waals surface area contributed by atoms with Gasteiger partial charge in [0.15, 0.2) is 0 Å². The Hall–Kier alpha value is -1.40. The molecule has 0 heterocycles. The average molecular weight is 209 g/mol. The van der Waals surface area contributed by atoms with Crippen molar-refractivity contribution in [3.05, 3.63) is 35.4 Å². The van der Waals surface area contributed by atoms with Gasteiger partial charge in [-0.25, -0.2) is 8.78 Å². The molecular weight excluding hydrogens is 196 g/mol. The Bertz CT molecular complexity index is 377. The van der Waals surface area contributed by atoms with Crippen LogP contribution in [0.2, 0.25) is 0 Å². The van der Waals surface area contributed by atoms with E-state index in [1.54, 1.807) is 0 Å².